The van der Waals surface area contributed by atoms with Crippen LogP contribution in [-0.4, -0.2) is 22.0 Å². The first-order valence-corrected chi connectivity index (χ1v) is 8.01. The Morgan fingerprint density at radius 1 is 1.35 bits per heavy atom. The molecule has 2 N–H and O–H groups in total. The molecule has 1 aromatic heterocycles. The van der Waals surface area contributed by atoms with Gasteiger partial charge in [0.25, 0.3) is 5.91 Å². The van der Waals surface area contributed by atoms with Gasteiger partial charge in [-0.25, -0.2) is 9.78 Å². The number of hydrogen-bond donors (Lipinski definition) is 2. The molecule has 0 aliphatic heterocycles. The van der Waals surface area contributed by atoms with Crippen LogP contribution in [0, 0.1) is 6.92 Å². The highest BCUT2D eigenvalue weighted by molar-refractivity contribution is 9.10. The first-order chi connectivity index (χ1) is 11.0. The van der Waals surface area contributed by atoms with E-state index < -0.39 is 17.9 Å². The molecular formula is C16H15BrN2O4. The molecule has 23 heavy (non-hydrogen) atoms. The van der Waals surface area contributed by atoms with Crippen LogP contribution >= 0.6 is 15.9 Å². The SMILES string of the molecule is Cc1nc(C2CC2)oc1C(=O)NC(C(=O)O)c1ccc(Br)cc1. The van der Waals surface area contributed by atoms with Crippen molar-refractivity contribution >= 4 is 27.8 Å². The van der Waals surface area contributed by atoms with Crippen LogP contribution in [0.15, 0.2) is 33.2 Å². The fourth-order valence-electron chi connectivity index (χ4n) is 2.27. The van der Waals surface area contributed by atoms with Gasteiger partial charge in [0, 0.05) is 10.4 Å². The normalized spacial score (nSPS) is 15.2. The van der Waals surface area contributed by atoms with Gasteiger partial charge in [-0.1, -0.05) is 28.1 Å². The van der Waals surface area contributed by atoms with Gasteiger partial charge in [0.2, 0.25) is 5.76 Å². The number of hydrogen-bond acceptors (Lipinski definition) is 4. The molecule has 120 valence electrons. The fourth-order valence-corrected chi connectivity index (χ4v) is 2.54. The lowest BCUT2D eigenvalue weighted by atomic mass is 10.1. The third-order valence-corrected chi connectivity index (χ3v) is 4.20. The number of halogens is 1. The Labute approximate surface area is 141 Å². The summed E-state index contributed by atoms with van der Waals surface area (Å²) in [7, 11) is 0. The third-order valence-electron chi connectivity index (χ3n) is 3.67. The van der Waals surface area contributed by atoms with Gasteiger partial charge in [-0.05, 0) is 37.5 Å². The van der Waals surface area contributed by atoms with E-state index in [0.717, 1.165) is 17.3 Å². The van der Waals surface area contributed by atoms with Gasteiger partial charge in [-0.15, -0.1) is 0 Å². The molecule has 6 nitrogen and oxygen atoms in total. The van der Waals surface area contributed by atoms with E-state index in [4.69, 9.17) is 4.42 Å². The zero-order valence-corrected chi connectivity index (χ0v) is 14.0. The van der Waals surface area contributed by atoms with Crippen molar-refractivity contribution in [2.75, 3.05) is 0 Å². The molecule has 0 bridgehead atoms. The van der Waals surface area contributed by atoms with Crippen molar-refractivity contribution in [1.29, 1.82) is 0 Å². The number of oxazole rings is 1. The Bertz CT molecular complexity index is 750. The molecule has 1 amide bonds. The standard InChI is InChI=1S/C16H15BrN2O4/c1-8-13(23-15(18-8)10-2-3-10)14(20)19-12(16(21)22)9-4-6-11(17)7-5-9/h4-7,10,12H,2-3H2,1H3,(H,19,20)(H,21,22). The Hall–Kier alpha value is -2.15. The molecule has 1 heterocycles. The zero-order chi connectivity index (χ0) is 16.6. The first kappa shape index (κ1) is 15.7. The fraction of sp³-hybridized carbons (Fsp3) is 0.312. The summed E-state index contributed by atoms with van der Waals surface area (Å²) in [4.78, 5) is 28.1. The summed E-state index contributed by atoms with van der Waals surface area (Å²) in [6.07, 6.45) is 2.02. The minimum atomic E-state index is -1.15. The molecule has 1 atom stereocenters. The lowest BCUT2D eigenvalue weighted by molar-refractivity contribution is -0.139. The smallest absolute Gasteiger partial charge is 0.330 e. The molecule has 2 aromatic rings. The van der Waals surface area contributed by atoms with Crippen LogP contribution in [-0.2, 0) is 4.79 Å². The summed E-state index contributed by atoms with van der Waals surface area (Å²) in [6.45, 7) is 1.68. The van der Waals surface area contributed by atoms with Crippen LogP contribution in [0.1, 0.15) is 52.5 Å². The Morgan fingerprint density at radius 2 is 2.00 bits per heavy atom. The van der Waals surface area contributed by atoms with Crippen molar-refractivity contribution in [3.63, 3.8) is 0 Å². The minimum absolute atomic E-state index is 0.0789. The Morgan fingerprint density at radius 3 is 2.57 bits per heavy atom. The molecule has 7 heteroatoms. The Kier molecular flexibility index (Phi) is 4.21. The number of carbonyl (C=O) groups excluding carboxylic acids is 1. The van der Waals surface area contributed by atoms with E-state index >= 15 is 0 Å². The van der Waals surface area contributed by atoms with Crippen LogP contribution in [0.25, 0.3) is 0 Å². The van der Waals surface area contributed by atoms with Gasteiger partial charge in [-0.2, -0.15) is 0 Å². The van der Waals surface area contributed by atoms with E-state index in [1.807, 2.05) is 0 Å². The predicted octanol–water partition coefficient (Wildman–Crippen LogP) is 3.18. The lowest BCUT2D eigenvalue weighted by Gasteiger charge is -2.14. The maximum atomic E-state index is 12.4. The second-order valence-corrected chi connectivity index (χ2v) is 6.45. The summed E-state index contributed by atoms with van der Waals surface area (Å²) in [6, 6.07) is 5.59. The second-order valence-electron chi connectivity index (χ2n) is 5.54. The van der Waals surface area contributed by atoms with E-state index in [1.54, 1.807) is 31.2 Å². The number of rotatable bonds is 5. The van der Waals surface area contributed by atoms with E-state index in [9.17, 15) is 14.7 Å². The van der Waals surface area contributed by atoms with Gasteiger partial charge in [-0.3, -0.25) is 4.79 Å². The molecule has 0 radical (unpaired) electrons. The number of amides is 1. The number of aliphatic carboxylic acids is 1. The van der Waals surface area contributed by atoms with Gasteiger partial charge in [0.15, 0.2) is 11.9 Å². The van der Waals surface area contributed by atoms with Crippen LogP contribution in [0.4, 0.5) is 0 Å². The molecular weight excluding hydrogens is 364 g/mol. The van der Waals surface area contributed by atoms with Gasteiger partial charge >= 0.3 is 5.97 Å². The van der Waals surface area contributed by atoms with Crippen LogP contribution in [0.2, 0.25) is 0 Å². The summed E-state index contributed by atoms with van der Waals surface area (Å²) < 4.78 is 6.34. The highest BCUT2D eigenvalue weighted by Gasteiger charge is 2.32. The second kappa shape index (κ2) is 6.16. The molecule has 1 fully saturated rings. The third kappa shape index (κ3) is 3.44. The van der Waals surface area contributed by atoms with Crippen molar-refractivity contribution in [3.05, 3.63) is 51.6 Å². The van der Waals surface area contributed by atoms with E-state index in [-0.39, 0.29) is 11.7 Å². The summed E-state index contributed by atoms with van der Waals surface area (Å²) in [5.41, 5.74) is 0.956. The summed E-state index contributed by atoms with van der Waals surface area (Å²) in [5, 5.41) is 11.9. The summed E-state index contributed by atoms with van der Waals surface area (Å²) in [5.74, 6) is -0.784. The molecule has 3 rings (SSSR count). The molecule has 0 saturated heterocycles. The number of nitrogens with one attached hydrogen (secondary N) is 1. The van der Waals surface area contributed by atoms with Crippen molar-refractivity contribution < 1.29 is 19.1 Å². The van der Waals surface area contributed by atoms with Crippen molar-refractivity contribution in [1.82, 2.24) is 10.3 Å². The molecule has 1 unspecified atom stereocenters. The van der Waals surface area contributed by atoms with Crippen LogP contribution < -0.4 is 5.32 Å². The number of carboxylic acids is 1. The van der Waals surface area contributed by atoms with Crippen LogP contribution in [0.3, 0.4) is 0 Å². The van der Waals surface area contributed by atoms with Crippen molar-refractivity contribution in [2.45, 2.75) is 31.7 Å². The van der Waals surface area contributed by atoms with E-state index in [0.29, 0.717) is 17.1 Å². The van der Waals surface area contributed by atoms with E-state index in [1.165, 1.54) is 0 Å². The molecule has 0 spiro atoms. The lowest BCUT2D eigenvalue weighted by Crippen LogP contribution is -2.33. The first-order valence-electron chi connectivity index (χ1n) is 7.22. The number of carboxylic acid groups (broad SMARTS) is 1. The predicted molar refractivity (Wildman–Crippen MR) is 85.2 cm³/mol. The average molecular weight is 379 g/mol. The molecule has 1 aromatic carbocycles. The molecule has 1 aliphatic carbocycles. The molecule has 1 aliphatic rings. The highest BCUT2D eigenvalue weighted by atomic mass is 79.9. The molecule has 1 saturated carbocycles. The maximum absolute atomic E-state index is 12.4. The quantitative estimate of drug-likeness (QED) is 0.833. The van der Waals surface area contributed by atoms with Gasteiger partial charge in [0.05, 0.1) is 5.69 Å². The van der Waals surface area contributed by atoms with Crippen molar-refractivity contribution in [2.24, 2.45) is 0 Å². The largest absolute Gasteiger partial charge is 0.479 e. The average Bonchev–Trinajstić information content (AvgIpc) is 3.28. The Balaban J connectivity index is 1.81. The summed E-state index contributed by atoms with van der Waals surface area (Å²) >= 11 is 3.29. The van der Waals surface area contributed by atoms with Gasteiger partial charge in [0.1, 0.15) is 0 Å². The topological polar surface area (TPSA) is 92.4 Å². The van der Waals surface area contributed by atoms with Crippen LogP contribution in [0.5, 0.6) is 0 Å². The number of nitrogens with zero attached hydrogens (tertiary/aromatic N) is 1. The van der Waals surface area contributed by atoms with Crippen molar-refractivity contribution in [3.8, 4) is 0 Å². The highest BCUT2D eigenvalue weighted by Crippen LogP contribution is 2.40. The minimum Gasteiger partial charge on any atom is -0.479 e. The number of aryl methyl sites for hydroxylation is 1. The maximum Gasteiger partial charge on any atom is 0.330 e. The van der Waals surface area contributed by atoms with Gasteiger partial charge < -0.3 is 14.8 Å². The number of aromatic nitrogens is 1. The zero-order valence-electron chi connectivity index (χ0n) is 12.4. The monoisotopic (exact) mass is 378 g/mol. The number of benzene rings is 1. The number of carbonyl (C=O) groups is 2. The van der Waals surface area contributed by atoms with E-state index in [2.05, 4.69) is 26.2 Å².